The molecule has 1 aliphatic heterocycles. The monoisotopic (exact) mass is 405 g/mol. The fourth-order valence-electron chi connectivity index (χ4n) is 3.67. The summed E-state index contributed by atoms with van der Waals surface area (Å²) in [5.41, 5.74) is 2.29. The van der Waals surface area contributed by atoms with Crippen LogP contribution < -0.4 is 4.74 Å². The number of hydrogen-bond acceptors (Lipinski definition) is 3. The van der Waals surface area contributed by atoms with Crippen molar-refractivity contribution >= 4 is 35.4 Å². The average Bonchev–Trinajstić information content (AvgIpc) is 2.87. The highest BCUT2D eigenvalue weighted by Gasteiger charge is 2.41. The van der Waals surface area contributed by atoms with E-state index < -0.39 is 0 Å². The number of fused-ring (bicyclic) bond motifs is 1. The average molecular weight is 406 g/mol. The van der Waals surface area contributed by atoms with Gasteiger partial charge in [0, 0.05) is 19.4 Å². The molecule has 0 saturated carbocycles. The Bertz CT molecular complexity index is 882. The first-order valence-corrected chi connectivity index (χ1v) is 9.56. The molecular formula is C21H21Cl2NO3. The van der Waals surface area contributed by atoms with Crippen molar-refractivity contribution in [1.82, 2.24) is 4.90 Å². The van der Waals surface area contributed by atoms with E-state index in [1.807, 2.05) is 32.0 Å². The summed E-state index contributed by atoms with van der Waals surface area (Å²) in [5.74, 6) is 0.227. The van der Waals surface area contributed by atoms with E-state index in [0.717, 1.165) is 17.4 Å². The quantitative estimate of drug-likeness (QED) is 0.614. The second kappa shape index (κ2) is 7.91. The molecule has 27 heavy (non-hydrogen) atoms. The molecule has 0 radical (unpaired) electrons. The predicted molar refractivity (Wildman–Crippen MR) is 107 cm³/mol. The molecule has 4 nitrogen and oxygen atoms in total. The van der Waals surface area contributed by atoms with Gasteiger partial charge in [-0.25, -0.2) is 0 Å². The van der Waals surface area contributed by atoms with E-state index in [1.165, 1.54) is 0 Å². The van der Waals surface area contributed by atoms with Gasteiger partial charge in [-0.05, 0) is 43.2 Å². The fourth-order valence-corrected chi connectivity index (χ4v) is 3.97. The van der Waals surface area contributed by atoms with Crippen LogP contribution in [-0.2, 0) is 4.79 Å². The fraction of sp³-hybridized carbons (Fsp3) is 0.333. The van der Waals surface area contributed by atoms with Crippen molar-refractivity contribution in [1.29, 1.82) is 0 Å². The maximum atomic E-state index is 13.0. The lowest BCUT2D eigenvalue weighted by atomic mass is 9.85. The molecular weight excluding hydrogens is 385 g/mol. The first-order valence-electron chi connectivity index (χ1n) is 8.80. The van der Waals surface area contributed by atoms with Crippen LogP contribution in [0.5, 0.6) is 5.75 Å². The smallest absolute Gasteiger partial charge is 0.258 e. The van der Waals surface area contributed by atoms with E-state index in [4.69, 9.17) is 27.9 Å². The molecule has 0 aliphatic carbocycles. The lowest BCUT2D eigenvalue weighted by Crippen LogP contribution is -2.28. The summed E-state index contributed by atoms with van der Waals surface area (Å²) in [5, 5.41) is 0.878. The summed E-state index contributed by atoms with van der Waals surface area (Å²) in [4.78, 5) is 26.1. The van der Waals surface area contributed by atoms with E-state index in [0.29, 0.717) is 21.4 Å². The molecule has 0 saturated heterocycles. The Balaban J connectivity index is 2.11. The van der Waals surface area contributed by atoms with Crippen molar-refractivity contribution in [3.05, 3.63) is 63.1 Å². The summed E-state index contributed by atoms with van der Waals surface area (Å²) in [6.07, 6.45) is 1.09. The Morgan fingerprint density at radius 2 is 1.93 bits per heavy atom. The molecule has 1 aliphatic rings. The minimum Gasteiger partial charge on any atom is -0.490 e. The molecule has 0 bridgehead atoms. The minimum atomic E-state index is -0.286. The van der Waals surface area contributed by atoms with Gasteiger partial charge in [0.1, 0.15) is 12.0 Å². The maximum absolute atomic E-state index is 13.0. The Hall–Kier alpha value is -2.04. The zero-order valence-corrected chi connectivity index (χ0v) is 16.9. The van der Waals surface area contributed by atoms with Gasteiger partial charge in [-0.1, -0.05) is 41.4 Å². The second-order valence-electron chi connectivity index (χ2n) is 6.93. The van der Waals surface area contributed by atoms with Gasteiger partial charge in [-0.2, -0.15) is 0 Å². The van der Waals surface area contributed by atoms with Gasteiger partial charge in [-0.15, -0.1) is 0 Å². The van der Waals surface area contributed by atoms with Crippen molar-refractivity contribution in [2.45, 2.75) is 38.3 Å². The summed E-state index contributed by atoms with van der Waals surface area (Å²) in [6, 6.07) is 10.7. The molecule has 3 rings (SSSR count). The number of ether oxygens (including phenoxy) is 1. The van der Waals surface area contributed by atoms with Crippen LogP contribution in [-0.4, -0.2) is 30.2 Å². The second-order valence-corrected chi connectivity index (χ2v) is 7.74. The molecule has 0 spiro atoms. The molecule has 2 aromatic rings. The molecule has 142 valence electrons. The van der Waals surface area contributed by atoms with Crippen molar-refractivity contribution < 1.29 is 14.3 Å². The number of halogens is 2. The Labute approximate surface area is 169 Å². The highest BCUT2D eigenvalue weighted by molar-refractivity contribution is 6.42. The molecule has 0 aromatic heterocycles. The highest BCUT2D eigenvalue weighted by atomic mass is 35.5. The van der Waals surface area contributed by atoms with E-state index in [-0.39, 0.29) is 30.4 Å². The number of likely N-dealkylation sites (N-methyl/N-ethyl adjacent to an activating group) is 1. The Kier molecular flexibility index (Phi) is 5.78. The summed E-state index contributed by atoms with van der Waals surface area (Å²) in [7, 11) is 1.75. The highest BCUT2D eigenvalue weighted by Crippen LogP contribution is 2.46. The minimum absolute atomic E-state index is 0.0468. The van der Waals surface area contributed by atoms with Crippen LogP contribution in [0.1, 0.15) is 53.7 Å². The number of rotatable bonds is 6. The molecule has 2 atom stereocenters. The van der Waals surface area contributed by atoms with Crippen LogP contribution in [0.2, 0.25) is 10.0 Å². The number of benzene rings is 2. The number of nitrogens with zero attached hydrogens (tertiary/aromatic N) is 1. The van der Waals surface area contributed by atoms with Crippen LogP contribution >= 0.6 is 23.2 Å². The summed E-state index contributed by atoms with van der Waals surface area (Å²) in [6.45, 7) is 3.84. The predicted octanol–water partition coefficient (Wildman–Crippen LogP) is 5.28. The van der Waals surface area contributed by atoms with Crippen LogP contribution in [0, 0.1) is 0 Å². The van der Waals surface area contributed by atoms with E-state index in [9.17, 15) is 9.59 Å². The van der Waals surface area contributed by atoms with E-state index >= 15 is 0 Å². The zero-order chi connectivity index (χ0) is 19.7. The standard InChI is InChI=1S/C21H21Cl2NO3/c1-12(2)27-18-6-4-5-15-19(18)21(26)24(3)20(15)14(9-10-25)13-7-8-16(22)17(23)11-13/h4-8,10-12,14,20H,9H2,1-3H3. The number of hydrogen-bond donors (Lipinski definition) is 0. The van der Waals surface area contributed by atoms with Crippen molar-refractivity contribution in [2.24, 2.45) is 0 Å². The van der Waals surface area contributed by atoms with E-state index in [1.54, 1.807) is 30.1 Å². The van der Waals surface area contributed by atoms with Gasteiger partial charge in [0.25, 0.3) is 5.91 Å². The van der Waals surface area contributed by atoms with Gasteiger partial charge in [-0.3, -0.25) is 4.79 Å². The Morgan fingerprint density at radius 1 is 1.19 bits per heavy atom. The molecule has 1 heterocycles. The summed E-state index contributed by atoms with van der Waals surface area (Å²) < 4.78 is 5.85. The number of carbonyl (C=O) groups is 2. The molecule has 2 aromatic carbocycles. The first kappa shape index (κ1) is 19.7. The third kappa shape index (κ3) is 3.69. The van der Waals surface area contributed by atoms with Gasteiger partial charge in [0.05, 0.1) is 27.8 Å². The summed E-state index contributed by atoms with van der Waals surface area (Å²) >= 11 is 12.2. The lowest BCUT2D eigenvalue weighted by Gasteiger charge is -2.29. The van der Waals surface area contributed by atoms with Crippen molar-refractivity contribution in [2.75, 3.05) is 7.05 Å². The van der Waals surface area contributed by atoms with Crippen LogP contribution in [0.3, 0.4) is 0 Å². The van der Waals surface area contributed by atoms with Crippen LogP contribution in [0.4, 0.5) is 0 Å². The molecule has 2 unspecified atom stereocenters. The molecule has 0 fully saturated rings. The van der Waals surface area contributed by atoms with Gasteiger partial charge in [0.2, 0.25) is 0 Å². The number of carbonyl (C=O) groups excluding carboxylic acids is 2. The lowest BCUT2D eigenvalue weighted by molar-refractivity contribution is -0.108. The maximum Gasteiger partial charge on any atom is 0.258 e. The van der Waals surface area contributed by atoms with Crippen LogP contribution in [0.15, 0.2) is 36.4 Å². The third-order valence-corrected chi connectivity index (χ3v) is 5.53. The number of amides is 1. The topological polar surface area (TPSA) is 46.6 Å². The Morgan fingerprint density at radius 3 is 2.56 bits per heavy atom. The van der Waals surface area contributed by atoms with Gasteiger partial charge >= 0.3 is 0 Å². The zero-order valence-electron chi connectivity index (χ0n) is 15.4. The normalized spacial score (nSPS) is 17.2. The van der Waals surface area contributed by atoms with Crippen molar-refractivity contribution in [3.63, 3.8) is 0 Å². The SMILES string of the molecule is CC(C)Oc1cccc2c1C(=O)N(C)C2C(CC=O)c1ccc(Cl)c(Cl)c1. The van der Waals surface area contributed by atoms with Gasteiger partial charge in [0.15, 0.2) is 0 Å². The largest absolute Gasteiger partial charge is 0.490 e. The van der Waals surface area contributed by atoms with Crippen LogP contribution in [0.25, 0.3) is 0 Å². The molecule has 0 N–H and O–H groups in total. The molecule has 6 heteroatoms. The van der Waals surface area contributed by atoms with E-state index in [2.05, 4.69) is 0 Å². The first-order chi connectivity index (χ1) is 12.8. The van der Waals surface area contributed by atoms with Gasteiger partial charge < -0.3 is 14.4 Å². The number of aldehydes is 1. The van der Waals surface area contributed by atoms with Crippen molar-refractivity contribution in [3.8, 4) is 5.75 Å². The molecule has 1 amide bonds. The third-order valence-electron chi connectivity index (χ3n) is 4.79.